The molecule has 0 aromatic heterocycles. The number of nitrogens with one attached hydrogen (secondary N) is 3. The van der Waals surface area contributed by atoms with Gasteiger partial charge in [0.05, 0.1) is 18.0 Å². The van der Waals surface area contributed by atoms with Gasteiger partial charge in [0.1, 0.15) is 6.04 Å². The number of hydrogen-bond acceptors (Lipinski definition) is 4. The lowest BCUT2D eigenvalue weighted by Crippen LogP contribution is -2.45. The summed E-state index contributed by atoms with van der Waals surface area (Å²) in [6, 6.07) is 6.48. The molecule has 0 aliphatic heterocycles. The topological polar surface area (TPSA) is 111 Å². The van der Waals surface area contributed by atoms with Crippen LogP contribution in [0.2, 0.25) is 0 Å². The van der Waals surface area contributed by atoms with Gasteiger partial charge in [-0.3, -0.25) is 4.79 Å². The van der Waals surface area contributed by atoms with Gasteiger partial charge in [-0.05, 0) is 25.0 Å². The summed E-state index contributed by atoms with van der Waals surface area (Å²) in [6.45, 7) is -0.601. The van der Waals surface area contributed by atoms with E-state index >= 15 is 0 Å². The quantitative estimate of drug-likeness (QED) is 0.550. The molecular weight excluding hydrogens is 298 g/mol. The number of benzene rings is 1. The first-order valence-corrected chi connectivity index (χ1v) is 7.87. The predicted molar refractivity (Wildman–Crippen MR) is 87.6 cm³/mol. The molecule has 1 aromatic carbocycles. The Labute approximate surface area is 135 Å². The molecule has 126 valence electrons. The highest BCUT2D eigenvalue weighted by atomic mass is 16.4. The number of aliphatic hydroxyl groups excluding tert-OH is 1. The molecule has 5 N–H and O–H groups in total. The second kappa shape index (κ2) is 8.38. The first-order chi connectivity index (χ1) is 11.1. The second-order valence-electron chi connectivity index (χ2n) is 5.70. The van der Waals surface area contributed by atoms with Crippen LogP contribution in [0.3, 0.4) is 0 Å². The lowest BCUT2D eigenvalue weighted by Gasteiger charge is -2.25. The fraction of sp³-hybridized carbons (Fsp3) is 0.500. The van der Waals surface area contributed by atoms with Gasteiger partial charge in [-0.15, -0.1) is 0 Å². The van der Waals surface area contributed by atoms with E-state index in [2.05, 4.69) is 10.6 Å². The highest BCUT2D eigenvalue weighted by molar-refractivity contribution is 5.99. The van der Waals surface area contributed by atoms with E-state index < -0.39 is 24.6 Å². The van der Waals surface area contributed by atoms with Crippen LogP contribution in [-0.4, -0.2) is 40.9 Å². The molecule has 7 nitrogen and oxygen atoms in total. The van der Waals surface area contributed by atoms with Crippen molar-refractivity contribution < 1.29 is 19.8 Å². The minimum atomic E-state index is -1.35. The number of carbonyl (C=O) groups is 2. The van der Waals surface area contributed by atoms with Crippen molar-refractivity contribution >= 4 is 23.4 Å². The SMILES string of the molecule is O=C(O)N[C@H](CO)C(=O)Nc1ccccc1NC1CCCCC1. The zero-order chi connectivity index (χ0) is 16.7. The molecule has 23 heavy (non-hydrogen) atoms. The van der Waals surface area contributed by atoms with Crippen molar-refractivity contribution in [1.82, 2.24) is 5.32 Å². The lowest BCUT2D eigenvalue weighted by atomic mass is 9.95. The Balaban J connectivity index is 2.04. The lowest BCUT2D eigenvalue weighted by molar-refractivity contribution is -0.118. The Kier molecular flexibility index (Phi) is 6.22. The van der Waals surface area contributed by atoms with Crippen molar-refractivity contribution in [2.24, 2.45) is 0 Å². The highest BCUT2D eigenvalue weighted by Crippen LogP contribution is 2.26. The van der Waals surface area contributed by atoms with Crippen LogP contribution in [0.5, 0.6) is 0 Å². The van der Waals surface area contributed by atoms with Gasteiger partial charge in [0.15, 0.2) is 0 Å². The van der Waals surface area contributed by atoms with Gasteiger partial charge >= 0.3 is 6.09 Å². The Morgan fingerprint density at radius 1 is 1.13 bits per heavy atom. The molecule has 1 saturated carbocycles. The van der Waals surface area contributed by atoms with E-state index in [1.54, 1.807) is 12.1 Å². The number of hydrogen-bond donors (Lipinski definition) is 5. The van der Waals surface area contributed by atoms with Crippen molar-refractivity contribution in [2.45, 2.75) is 44.2 Å². The van der Waals surface area contributed by atoms with Crippen molar-refractivity contribution in [3.8, 4) is 0 Å². The molecular formula is C16H23N3O4. The standard InChI is InChI=1S/C16H23N3O4/c20-10-14(19-16(22)23)15(21)18-13-9-5-4-8-12(13)17-11-6-2-1-3-7-11/h4-5,8-9,11,14,17,19-20H,1-3,6-7,10H2,(H,18,21)(H,22,23)/t14-/m1/s1. The van der Waals surface area contributed by atoms with Crippen LogP contribution in [0.1, 0.15) is 32.1 Å². The number of amides is 2. The molecule has 0 spiro atoms. The average molecular weight is 321 g/mol. The smallest absolute Gasteiger partial charge is 0.405 e. The third-order valence-corrected chi connectivity index (χ3v) is 3.95. The van der Waals surface area contributed by atoms with Crippen molar-refractivity contribution in [3.05, 3.63) is 24.3 Å². The van der Waals surface area contributed by atoms with Crippen LogP contribution in [0.15, 0.2) is 24.3 Å². The number of anilines is 2. The van der Waals surface area contributed by atoms with E-state index in [0.717, 1.165) is 18.5 Å². The molecule has 0 heterocycles. The molecule has 1 aliphatic carbocycles. The van der Waals surface area contributed by atoms with Crippen molar-refractivity contribution in [3.63, 3.8) is 0 Å². The predicted octanol–water partition coefficient (Wildman–Crippen LogP) is 2.00. The van der Waals surface area contributed by atoms with Gasteiger partial charge < -0.3 is 26.2 Å². The molecule has 1 fully saturated rings. The second-order valence-corrected chi connectivity index (χ2v) is 5.70. The third kappa shape index (κ3) is 5.14. The molecule has 0 unspecified atom stereocenters. The Hall–Kier alpha value is -2.28. The molecule has 2 rings (SSSR count). The van der Waals surface area contributed by atoms with Gasteiger partial charge in [-0.1, -0.05) is 31.4 Å². The monoisotopic (exact) mass is 321 g/mol. The maximum absolute atomic E-state index is 12.1. The fourth-order valence-electron chi connectivity index (χ4n) is 2.75. The normalized spacial score (nSPS) is 16.4. The van der Waals surface area contributed by atoms with Gasteiger partial charge in [-0.25, -0.2) is 4.79 Å². The third-order valence-electron chi connectivity index (χ3n) is 3.95. The first-order valence-electron chi connectivity index (χ1n) is 7.87. The largest absolute Gasteiger partial charge is 0.465 e. The highest BCUT2D eigenvalue weighted by Gasteiger charge is 2.21. The maximum Gasteiger partial charge on any atom is 0.405 e. The Morgan fingerprint density at radius 2 is 1.78 bits per heavy atom. The van der Waals surface area contributed by atoms with E-state index in [1.165, 1.54) is 19.3 Å². The minimum absolute atomic E-state index is 0.382. The Morgan fingerprint density at radius 3 is 2.39 bits per heavy atom. The zero-order valence-corrected chi connectivity index (χ0v) is 12.9. The van der Waals surface area contributed by atoms with Crippen LogP contribution >= 0.6 is 0 Å². The van der Waals surface area contributed by atoms with Crippen LogP contribution in [-0.2, 0) is 4.79 Å². The fourth-order valence-corrected chi connectivity index (χ4v) is 2.75. The van der Waals surface area contributed by atoms with Crippen molar-refractivity contribution in [2.75, 3.05) is 17.2 Å². The van der Waals surface area contributed by atoms with E-state index in [4.69, 9.17) is 10.2 Å². The number of carboxylic acid groups (broad SMARTS) is 1. The summed E-state index contributed by atoms with van der Waals surface area (Å²) < 4.78 is 0. The summed E-state index contributed by atoms with van der Waals surface area (Å²) in [5.41, 5.74) is 1.38. The summed E-state index contributed by atoms with van der Waals surface area (Å²) >= 11 is 0. The molecule has 1 atom stereocenters. The molecule has 7 heteroatoms. The van der Waals surface area contributed by atoms with Crippen LogP contribution in [0.4, 0.5) is 16.2 Å². The number of rotatable bonds is 6. The molecule has 1 aliphatic rings. The summed E-state index contributed by atoms with van der Waals surface area (Å²) in [5.74, 6) is -0.590. The molecule has 0 saturated heterocycles. The number of aliphatic hydroxyl groups is 1. The Bertz CT molecular complexity index is 544. The molecule has 0 radical (unpaired) electrons. The molecule has 2 amide bonds. The average Bonchev–Trinajstić information content (AvgIpc) is 2.55. The zero-order valence-electron chi connectivity index (χ0n) is 12.9. The summed E-state index contributed by atoms with van der Waals surface area (Å²) in [7, 11) is 0. The molecule has 1 aromatic rings. The van der Waals surface area contributed by atoms with Gasteiger partial charge in [0.2, 0.25) is 5.91 Å². The van der Waals surface area contributed by atoms with Gasteiger partial charge in [0.25, 0.3) is 0 Å². The van der Waals surface area contributed by atoms with E-state index in [0.29, 0.717) is 11.7 Å². The summed E-state index contributed by atoms with van der Waals surface area (Å²) in [6.07, 6.45) is 4.50. The van der Waals surface area contributed by atoms with Crippen LogP contribution < -0.4 is 16.0 Å². The summed E-state index contributed by atoms with van der Waals surface area (Å²) in [5, 5.41) is 25.9. The van der Waals surface area contributed by atoms with Crippen molar-refractivity contribution in [1.29, 1.82) is 0 Å². The van der Waals surface area contributed by atoms with Gasteiger partial charge in [0, 0.05) is 6.04 Å². The van der Waals surface area contributed by atoms with Crippen LogP contribution in [0, 0.1) is 0 Å². The van der Waals surface area contributed by atoms with E-state index in [9.17, 15) is 9.59 Å². The van der Waals surface area contributed by atoms with E-state index in [1.807, 2.05) is 17.4 Å². The van der Waals surface area contributed by atoms with Crippen LogP contribution in [0.25, 0.3) is 0 Å². The number of para-hydroxylation sites is 2. The number of carbonyl (C=O) groups excluding carboxylic acids is 1. The molecule has 0 bridgehead atoms. The summed E-state index contributed by atoms with van der Waals surface area (Å²) in [4.78, 5) is 22.7. The van der Waals surface area contributed by atoms with Gasteiger partial charge in [-0.2, -0.15) is 0 Å². The first kappa shape index (κ1) is 17.1. The minimum Gasteiger partial charge on any atom is -0.465 e. The maximum atomic E-state index is 12.1. The van der Waals surface area contributed by atoms with E-state index in [-0.39, 0.29) is 0 Å².